The lowest BCUT2D eigenvalue weighted by Crippen LogP contribution is -2.35. The molecule has 3 heteroatoms. The average molecular weight is 440 g/mol. The van der Waals surface area contributed by atoms with Crippen molar-refractivity contribution in [1.29, 1.82) is 0 Å². The lowest BCUT2D eigenvalue weighted by Gasteiger charge is -2.37. The molecule has 0 aliphatic rings. The number of rotatable bonds is 7. The summed E-state index contributed by atoms with van der Waals surface area (Å²) in [6, 6.07) is 45.1. The lowest BCUT2D eigenvalue weighted by atomic mass is 10.4. The fraction of sp³-hybridized carbons (Fsp3) is 0.111. The second kappa shape index (κ2) is 10.5. The van der Waals surface area contributed by atoms with E-state index in [0.29, 0.717) is 4.26 Å². The van der Waals surface area contributed by atoms with Crippen LogP contribution >= 0.6 is 15.8 Å². The lowest BCUT2D eigenvalue weighted by molar-refractivity contribution is 1.66. The molecule has 0 spiro atoms. The van der Waals surface area contributed by atoms with Gasteiger partial charge in [0.15, 0.2) is 0 Å². The van der Waals surface area contributed by atoms with Crippen molar-refractivity contribution in [3.05, 3.63) is 121 Å². The highest BCUT2D eigenvalue weighted by Crippen LogP contribution is 2.57. The van der Waals surface area contributed by atoms with E-state index in [4.69, 9.17) is 0 Å². The van der Waals surface area contributed by atoms with Crippen LogP contribution in [0.3, 0.4) is 0 Å². The SMILES string of the molecule is [CH3][Al]([CH3])[CH](P(c1ccccc1)c1ccccc1)P(c1ccccc1)c1ccccc1. The Morgan fingerprint density at radius 3 is 0.867 bits per heavy atom. The van der Waals surface area contributed by atoms with E-state index in [0.717, 1.165) is 0 Å². The maximum Gasteiger partial charge on any atom is 0.273 e. The quantitative estimate of drug-likeness (QED) is 0.249. The van der Waals surface area contributed by atoms with Crippen LogP contribution in [-0.2, 0) is 0 Å². The third-order valence-electron chi connectivity index (χ3n) is 5.26. The first-order valence-electron chi connectivity index (χ1n) is 10.5. The van der Waals surface area contributed by atoms with Crippen LogP contribution in [0.4, 0.5) is 0 Å². The predicted molar refractivity (Wildman–Crippen MR) is 139 cm³/mol. The molecule has 0 atom stereocenters. The normalized spacial score (nSPS) is 11.2. The molecule has 0 aromatic heterocycles. The third-order valence-corrected chi connectivity index (χ3v) is 17.7. The van der Waals surface area contributed by atoms with Crippen molar-refractivity contribution in [2.75, 3.05) is 0 Å². The van der Waals surface area contributed by atoms with Gasteiger partial charge in [-0.1, -0.05) is 121 Å². The van der Waals surface area contributed by atoms with Gasteiger partial charge >= 0.3 is 0 Å². The maximum absolute atomic E-state index is 2.55. The van der Waals surface area contributed by atoms with E-state index in [9.17, 15) is 0 Å². The summed E-state index contributed by atoms with van der Waals surface area (Å²) in [6.07, 6.45) is 0. The summed E-state index contributed by atoms with van der Waals surface area (Å²) in [5.41, 5.74) is 0. The smallest absolute Gasteiger partial charge is 0.105 e. The summed E-state index contributed by atoms with van der Waals surface area (Å²) < 4.78 is 0.685. The zero-order chi connectivity index (χ0) is 20.8. The largest absolute Gasteiger partial charge is 0.273 e. The Morgan fingerprint density at radius 1 is 0.433 bits per heavy atom. The minimum Gasteiger partial charge on any atom is -0.105 e. The summed E-state index contributed by atoms with van der Waals surface area (Å²) in [5, 5.41) is 6.02. The third kappa shape index (κ3) is 4.94. The molecule has 4 aromatic carbocycles. The second-order valence-corrected chi connectivity index (χ2v) is 17.1. The minimum absolute atomic E-state index is 0.450. The van der Waals surface area contributed by atoms with E-state index in [1.54, 1.807) is 0 Å². The molecule has 0 aliphatic carbocycles. The van der Waals surface area contributed by atoms with Crippen LogP contribution < -0.4 is 21.2 Å². The van der Waals surface area contributed by atoms with Gasteiger partial charge in [0.1, 0.15) is 0 Å². The summed E-state index contributed by atoms with van der Waals surface area (Å²) in [7, 11) is -0.900. The van der Waals surface area contributed by atoms with Gasteiger partial charge in [-0.2, -0.15) is 0 Å². The van der Waals surface area contributed by atoms with Gasteiger partial charge in [0, 0.05) is 0 Å². The fourth-order valence-corrected chi connectivity index (χ4v) is 17.1. The van der Waals surface area contributed by atoms with Gasteiger partial charge in [0.05, 0.1) is 0 Å². The van der Waals surface area contributed by atoms with E-state index in [1.807, 2.05) is 0 Å². The molecule has 0 fully saturated rings. The molecule has 0 saturated heterocycles. The Morgan fingerprint density at radius 2 is 0.667 bits per heavy atom. The number of benzene rings is 4. The molecular weight excluding hydrogens is 413 g/mol. The van der Waals surface area contributed by atoms with Crippen LogP contribution in [0.15, 0.2) is 121 Å². The van der Waals surface area contributed by atoms with E-state index in [-0.39, 0.29) is 0 Å². The van der Waals surface area contributed by atoms with Crippen molar-refractivity contribution >= 4 is 51.2 Å². The van der Waals surface area contributed by atoms with Crippen molar-refractivity contribution < 1.29 is 0 Å². The molecule has 0 bridgehead atoms. The van der Waals surface area contributed by atoms with Gasteiger partial charge in [0.25, 0.3) is 14.1 Å². The molecule has 0 N–H and O–H groups in total. The van der Waals surface area contributed by atoms with Gasteiger partial charge in [-0.3, -0.25) is 0 Å². The molecule has 0 amide bonds. The van der Waals surface area contributed by atoms with Crippen LogP contribution in [0.1, 0.15) is 0 Å². The Balaban J connectivity index is 1.92. The number of hydrogen-bond acceptors (Lipinski definition) is 0. The highest BCUT2D eigenvalue weighted by Gasteiger charge is 2.37. The van der Waals surface area contributed by atoms with E-state index in [2.05, 4.69) is 133 Å². The first-order valence-corrected chi connectivity index (χ1v) is 16.3. The highest BCUT2D eigenvalue weighted by atomic mass is 31.2. The van der Waals surface area contributed by atoms with Crippen molar-refractivity contribution in [1.82, 2.24) is 0 Å². The van der Waals surface area contributed by atoms with Gasteiger partial charge in [-0.05, 0) is 41.3 Å². The van der Waals surface area contributed by atoms with Crippen molar-refractivity contribution in [3.8, 4) is 0 Å². The van der Waals surface area contributed by atoms with Crippen LogP contribution in [0.25, 0.3) is 0 Å². The molecule has 0 radical (unpaired) electrons. The Kier molecular flexibility index (Phi) is 7.55. The molecule has 0 aliphatic heterocycles. The zero-order valence-electron chi connectivity index (χ0n) is 17.6. The van der Waals surface area contributed by atoms with E-state index in [1.165, 1.54) is 21.2 Å². The predicted octanol–water partition coefficient (Wildman–Crippen LogP) is 5.87. The molecule has 30 heavy (non-hydrogen) atoms. The molecule has 0 nitrogen and oxygen atoms in total. The Bertz CT molecular complexity index is 859. The average Bonchev–Trinajstić information content (AvgIpc) is 2.81. The topological polar surface area (TPSA) is 0 Å². The summed E-state index contributed by atoms with van der Waals surface area (Å²) in [5.74, 6) is 5.10. The Hall–Kier alpha value is -1.73. The first kappa shape index (κ1) is 21.5. The Labute approximate surface area is 187 Å². The molecule has 4 aromatic rings. The van der Waals surface area contributed by atoms with Crippen LogP contribution in [0, 0.1) is 0 Å². The second-order valence-electron chi connectivity index (χ2n) is 7.74. The molecular formula is C27H27AlP2. The zero-order valence-corrected chi connectivity index (χ0v) is 20.5. The summed E-state index contributed by atoms with van der Waals surface area (Å²) >= 11 is -1.02. The van der Waals surface area contributed by atoms with Crippen LogP contribution in [0.2, 0.25) is 11.6 Å². The van der Waals surface area contributed by atoms with E-state index >= 15 is 0 Å². The van der Waals surface area contributed by atoms with E-state index < -0.39 is 30.0 Å². The van der Waals surface area contributed by atoms with Gasteiger partial charge < -0.3 is 0 Å². The first-order chi connectivity index (χ1) is 14.8. The molecule has 0 unspecified atom stereocenters. The summed E-state index contributed by atoms with van der Waals surface area (Å²) in [4.78, 5) is 0. The minimum atomic E-state index is -1.02. The maximum atomic E-state index is 2.55. The molecule has 4 rings (SSSR count). The van der Waals surface area contributed by atoms with Gasteiger partial charge in [-0.15, -0.1) is 11.6 Å². The molecule has 148 valence electrons. The molecule has 0 heterocycles. The van der Waals surface area contributed by atoms with Crippen molar-refractivity contribution in [2.24, 2.45) is 0 Å². The number of hydrogen-bond donors (Lipinski definition) is 0. The summed E-state index contributed by atoms with van der Waals surface area (Å²) in [6.45, 7) is 0. The van der Waals surface area contributed by atoms with Crippen LogP contribution in [0.5, 0.6) is 0 Å². The van der Waals surface area contributed by atoms with Crippen molar-refractivity contribution in [3.63, 3.8) is 0 Å². The monoisotopic (exact) mass is 440 g/mol. The van der Waals surface area contributed by atoms with Crippen LogP contribution in [-0.4, -0.2) is 18.4 Å². The fourth-order valence-electron chi connectivity index (χ4n) is 3.98. The standard InChI is InChI=1S/C25H21P2.2CH3.Al/c1-5-13-22(14-6-1)26(23-15-7-2-8-16-23)21-27(24-17-9-3-10-18-24)25-19-11-4-12-20-25;;;/h1-21H;2*1H3;. The van der Waals surface area contributed by atoms with Gasteiger partial charge in [0.2, 0.25) is 0 Å². The highest BCUT2D eigenvalue weighted by molar-refractivity contribution is 7.92. The van der Waals surface area contributed by atoms with Gasteiger partial charge in [-0.25, -0.2) is 0 Å². The molecule has 0 saturated carbocycles. The van der Waals surface area contributed by atoms with Crippen molar-refractivity contribution in [2.45, 2.75) is 15.8 Å².